The van der Waals surface area contributed by atoms with Gasteiger partial charge in [-0.2, -0.15) is 0 Å². The van der Waals surface area contributed by atoms with Crippen LogP contribution in [0.25, 0.3) is 0 Å². The Hall–Kier alpha value is -0.900. The van der Waals surface area contributed by atoms with Crippen LogP contribution in [0.4, 0.5) is 0 Å². The van der Waals surface area contributed by atoms with Gasteiger partial charge in [-0.1, -0.05) is 18.2 Å². The maximum atomic E-state index is 6.27. The molecule has 0 aromatic heterocycles. The Morgan fingerprint density at radius 2 is 1.91 bits per heavy atom. The second-order valence-corrected chi connectivity index (χ2v) is 7.84. The molecule has 1 unspecified atom stereocenters. The van der Waals surface area contributed by atoms with Crippen LogP contribution in [0.2, 0.25) is 0 Å². The highest BCUT2D eigenvalue weighted by Gasteiger charge is 2.40. The molecule has 0 N–H and O–H groups in total. The highest BCUT2D eigenvalue weighted by atomic mass is 16.5. The summed E-state index contributed by atoms with van der Waals surface area (Å²) in [7, 11) is 4.41. The molecule has 2 aliphatic rings. The van der Waals surface area contributed by atoms with Crippen LogP contribution in [-0.2, 0) is 11.3 Å². The molecule has 23 heavy (non-hydrogen) atoms. The minimum Gasteiger partial charge on any atom is -0.375 e. The Bertz CT molecular complexity index is 532. The minimum absolute atomic E-state index is 0.146. The Morgan fingerprint density at radius 3 is 2.57 bits per heavy atom. The molecule has 2 saturated heterocycles. The maximum Gasteiger partial charge on any atom is 0.0721 e. The molecule has 1 atom stereocenters. The van der Waals surface area contributed by atoms with Gasteiger partial charge < -0.3 is 9.64 Å². The van der Waals surface area contributed by atoms with E-state index in [-0.39, 0.29) is 5.60 Å². The molecule has 1 aromatic rings. The van der Waals surface area contributed by atoms with Gasteiger partial charge in [-0.15, -0.1) is 0 Å². The minimum atomic E-state index is 0.146. The van der Waals surface area contributed by atoms with Crippen LogP contribution in [0, 0.1) is 13.8 Å². The third-order valence-corrected chi connectivity index (χ3v) is 5.94. The SMILES string of the molecule is Cc1ccc(CN2CCC3(CC2)CC(N(C)C)CCO3)cc1C. The van der Waals surface area contributed by atoms with Crippen molar-refractivity contribution < 1.29 is 4.74 Å². The van der Waals surface area contributed by atoms with Crippen molar-refractivity contribution in [1.29, 1.82) is 0 Å². The average molecular weight is 316 g/mol. The predicted octanol–water partition coefficient (Wildman–Crippen LogP) is 3.38. The number of likely N-dealkylation sites (tertiary alicyclic amines) is 1. The van der Waals surface area contributed by atoms with E-state index in [0.717, 1.165) is 26.2 Å². The largest absolute Gasteiger partial charge is 0.375 e. The van der Waals surface area contributed by atoms with Crippen molar-refractivity contribution in [3.63, 3.8) is 0 Å². The molecular weight excluding hydrogens is 284 g/mol. The summed E-state index contributed by atoms with van der Waals surface area (Å²) in [6.45, 7) is 8.72. The molecule has 2 fully saturated rings. The summed E-state index contributed by atoms with van der Waals surface area (Å²) < 4.78 is 6.27. The fourth-order valence-electron chi connectivity index (χ4n) is 4.07. The van der Waals surface area contributed by atoms with Crippen LogP contribution in [0.1, 0.15) is 42.4 Å². The number of rotatable bonds is 3. The number of hydrogen-bond donors (Lipinski definition) is 0. The smallest absolute Gasteiger partial charge is 0.0721 e. The van der Waals surface area contributed by atoms with E-state index in [4.69, 9.17) is 4.74 Å². The van der Waals surface area contributed by atoms with E-state index in [0.29, 0.717) is 6.04 Å². The molecule has 3 heteroatoms. The van der Waals surface area contributed by atoms with Crippen LogP contribution in [-0.4, -0.2) is 55.2 Å². The molecular formula is C20H32N2O. The normalized spacial score (nSPS) is 25.2. The molecule has 0 radical (unpaired) electrons. The summed E-state index contributed by atoms with van der Waals surface area (Å²) in [4.78, 5) is 4.98. The van der Waals surface area contributed by atoms with Gasteiger partial charge in [0.05, 0.1) is 5.60 Å². The van der Waals surface area contributed by atoms with Gasteiger partial charge in [0, 0.05) is 32.3 Å². The average Bonchev–Trinajstić information content (AvgIpc) is 2.53. The summed E-state index contributed by atoms with van der Waals surface area (Å²) in [5.74, 6) is 0. The van der Waals surface area contributed by atoms with Gasteiger partial charge in [-0.05, 0) is 70.3 Å². The number of piperidine rings is 1. The Labute approximate surface area is 141 Å². The lowest BCUT2D eigenvalue weighted by Crippen LogP contribution is -2.52. The van der Waals surface area contributed by atoms with Crippen LogP contribution in [0.15, 0.2) is 18.2 Å². The lowest BCUT2D eigenvalue weighted by molar-refractivity contribution is -0.130. The number of hydrogen-bond acceptors (Lipinski definition) is 3. The zero-order chi connectivity index (χ0) is 16.4. The van der Waals surface area contributed by atoms with Gasteiger partial charge in [-0.3, -0.25) is 4.90 Å². The van der Waals surface area contributed by atoms with Crippen LogP contribution in [0.3, 0.4) is 0 Å². The lowest BCUT2D eigenvalue weighted by atomic mass is 9.82. The van der Waals surface area contributed by atoms with E-state index in [2.05, 4.69) is 55.9 Å². The molecule has 1 aromatic carbocycles. The van der Waals surface area contributed by atoms with E-state index in [1.54, 1.807) is 0 Å². The first kappa shape index (κ1) is 16.9. The highest BCUT2D eigenvalue weighted by Crippen LogP contribution is 2.36. The topological polar surface area (TPSA) is 15.7 Å². The summed E-state index contributed by atoms with van der Waals surface area (Å²) >= 11 is 0. The summed E-state index contributed by atoms with van der Waals surface area (Å²) in [6.07, 6.45) is 4.75. The van der Waals surface area contributed by atoms with Gasteiger partial charge >= 0.3 is 0 Å². The fourth-order valence-corrected chi connectivity index (χ4v) is 4.07. The highest BCUT2D eigenvalue weighted by molar-refractivity contribution is 5.29. The number of benzene rings is 1. The Balaban J connectivity index is 1.56. The van der Waals surface area contributed by atoms with Crippen molar-refractivity contribution >= 4 is 0 Å². The van der Waals surface area contributed by atoms with Crippen LogP contribution >= 0.6 is 0 Å². The first-order valence-corrected chi connectivity index (χ1v) is 9.06. The molecule has 3 nitrogen and oxygen atoms in total. The second kappa shape index (κ2) is 6.92. The summed E-state index contributed by atoms with van der Waals surface area (Å²) in [6, 6.07) is 7.57. The van der Waals surface area contributed by atoms with E-state index >= 15 is 0 Å². The van der Waals surface area contributed by atoms with Crippen molar-refractivity contribution in [3.8, 4) is 0 Å². The molecule has 0 amide bonds. The molecule has 3 rings (SSSR count). The first-order valence-electron chi connectivity index (χ1n) is 9.06. The van der Waals surface area contributed by atoms with Gasteiger partial charge in [0.25, 0.3) is 0 Å². The number of nitrogens with zero attached hydrogens (tertiary/aromatic N) is 2. The van der Waals surface area contributed by atoms with Crippen molar-refractivity contribution in [2.24, 2.45) is 0 Å². The van der Waals surface area contributed by atoms with Crippen molar-refractivity contribution in [3.05, 3.63) is 34.9 Å². The van der Waals surface area contributed by atoms with E-state index in [1.165, 1.54) is 42.4 Å². The first-order chi connectivity index (χ1) is 11.0. The van der Waals surface area contributed by atoms with Crippen LogP contribution in [0.5, 0.6) is 0 Å². The molecule has 2 aliphatic heterocycles. The Morgan fingerprint density at radius 1 is 1.17 bits per heavy atom. The van der Waals surface area contributed by atoms with E-state index in [1.807, 2.05) is 0 Å². The van der Waals surface area contributed by atoms with Crippen molar-refractivity contribution in [1.82, 2.24) is 9.80 Å². The molecule has 1 spiro atoms. The van der Waals surface area contributed by atoms with Crippen molar-refractivity contribution in [2.45, 2.75) is 57.7 Å². The van der Waals surface area contributed by atoms with Gasteiger partial charge in [-0.25, -0.2) is 0 Å². The quantitative estimate of drug-likeness (QED) is 0.850. The van der Waals surface area contributed by atoms with Crippen LogP contribution < -0.4 is 0 Å². The Kier molecular flexibility index (Phi) is 5.10. The summed E-state index contributed by atoms with van der Waals surface area (Å²) in [5.41, 5.74) is 4.38. The zero-order valence-electron chi connectivity index (χ0n) is 15.3. The lowest BCUT2D eigenvalue weighted by Gasteiger charge is -2.47. The standard InChI is InChI=1S/C20H32N2O/c1-16-5-6-18(13-17(16)2)15-22-10-8-20(9-11-22)14-19(21(3)4)7-12-23-20/h5-6,13,19H,7-12,14-15H2,1-4H3. The van der Waals surface area contributed by atoms with Gasteiger partial charge in [0.1, 0.15) is 0 Å². The van der Waals surface area contributed by atoms with Gasteiger partial charge in [0.2, 0.25) is 0 Å². The number of ether oxygens (including phenoxy) is 1. The molecule has 128 valence electrons. The third-order valence-electron chi connectivity index (χ3n) is 5.94. The monoisotopic (exact) mass is 316 g/mol. The van der Waals surface area contributed by atoms with Gasteiger partial charge in [0.15, 0.2) is 0 Å². The predicted molar refractivity (Wildman–Crippen MR) is 95.8 cm³/mol. The molecule has 2 heterocycles. The number of aryl methyl sites for hydroxylation is 2. The third kappa shape index (κ3) is 3.96. The second-order valence-electron chi connectivity index (χ2n) is 7.84. The van der Waals surface area contributed by atoms with Crippen molar-refractivity contribution in [2.75, 3.05) is 33.8 Å². The fraction of sp³-hybridized carbons (Fsp3) is 0.700. The van der Waals surface area contributed by atoms with E-state index in [9.17, 15) is 0 Å². The molecule has 0 saturated carbocycles. The summed E-state index contributed by atoms with van der Waals surface area (Å²) in [5, 5.41) is 0. The zero-order valence-corrected chi connectivity index (χ0v) is 15.3. The maximum absolute atomic E-state index is 6.27. The van der Waals surface area contributed by atoms with E-state index < -0.39 is 0 Å². The molecule has 0 bridgehead atoms. The molecule has 0 aliphatic carbocycles.